The molecular formula is C17H22BrN3. The smallest absolute Gasteiger partial charge is 0.0643 e. The van der Waals surface area contributed by atoms with Crippen molar-refractivity contribution in [1.29, 1.82) is 0 Å². The third-order valence-electron chi connectivity index (χ3n) is 4.41. The summed E-state index contributed by atoms with van der Waals surface area (Å²) in [5.74, 6) is 0. The molecular weight excluding hydrogens is 326 g/mol. The second kappa shape index (κ2) is 6.32. The van der Waals surface area contributed by atoms with Crippen LogP contribution in [-0.2, 0) is 6.42 Å². The van der Waals surface area contributed by atoms with E-state index in [0.29, 0.717) is 6.04 Å². The molecule has 1 aromatic carbocycles. The number of rotatable bonds is 4. The van der Waals surface area contributed by atoms with Gasteiger partial charge in [-0.1, -0.05) is 47.0 Å². The number of hydrogen-bond donors (Lipinski definition) is 1. The molecule has 2 aromatic rings. The van der Waals surface area contributed by atoms with Crippen molar-refractivity contribution in [2.45, 2.75) is 51.1 Å². The molecule has 1 aromatic heterocycles. The van der Waals surface area contributed by atoms with Gasteiger partial charge in [-0.15, -0.1) is 0 Å². The van der Waals surface area contributed by atoms with Gasteiger partial charge in [0.1, 0.15) is 0 Å². The van der Waals surface area contributed by atoms with E-state index in [-0.39, 0.29) is 6.04 Å². The Morgan fingerprint density at radius 3 is 2.86 bits per heavy atom. The molecule has 0 saturated heterocycles. The van der Waals surface area contributed by atoms with Gasteiger partial charge in [0.2, 0.25) is 0 Å². The minimum atomic E-state index is -0.0220. The Morgan fingerprint density at radius 2 is 2.10 bits per heavy atom. The average Bonchev–Trinajstić information content (AvgIpc) is 3.12. The van der Waals surface area contributed by atoms with Crippen molar-refractivity contribution in [3.8, 4) is 0 Å². The van der Waals surface area contributed by atoms with Crippen LogP contribution < -0.4 is 5.73 Å². The van der Waals surface area contributed by atoms with Crippen molar-refractivity contribution in [3.05, 3.63) is 51.8 Å². The average molecular weight is 348 g/mol. The van der Waals surface area contributed by atoms with Crippen LogP contribution in [0.1, 0.15) is 54.6 Å². The molecule has 3 nitrogen and oxygen atoms in total. The summed E-state index contributed by atoms with van der Waals surface area (Å²) in [7, 11) is 0. The number of hydrogen-bond acceptors (Lipinski definition) is 2. The Labute approximate surface area is 134 Å². The first kappa shape index (κ1) is 14.8. The third-order valence-corrected chi connectivity index (χ3v) is 5.50. The summed E-state index contributed by atoms with van der Waals surface area (Å²) in [5.41, 5.74) is 9.85. The summed E-state index contributed by atoms with van der Waals surface area (Å²) < 4.78 is 3.26. The molecule has 1 unspecified atom stereocenters. The van der Waals surface area contributed by atoms with Gasteiger partial charge in [0.15, 0.2) is 0 Å². The van der Waals surface area contributed by atoms with E-state index in [1.165, 1.54) is 31.2 Å². The lowest BCUT2D eigenvalue weighted by atomic mass is 10.0. The number of aryl methyl sites for hydroxylation is 1. The number of benzene rings is 1. The lowest BCUT2D eigenvalue weighted by molar-refractivity contribution is 0.461. The summed E-state index contributed by atoms with van der Waals surface area (Å²) in [6.07, 6.45) is 8.07. The summed E-state index contributed by atoms with van der Waals surface area (Å²) in [5, 5.41) is 4.73. The number of nitrogens with two attached hydrogens (primary N) is 1. The first-order chi connectivity index (χ1) is 10.1. The van der Waals surface area contributed by atoms with E-state index in [4.69, 9.17) is 10.8 Å². The fraction of sp³-hybridized carbons (Fsp3) is 0.471. The van der Waals surface area contributed by atoms with Crippen molar-refractivity contribution in [2.75, 3.05) is 0 Å². The fourth-order valence-corrected chi connectivity index (χ4v) is 3.71. The minimum Gasteiger partial charge on any atom is -0.324 e. The Hall–Kier alpha value is -1.13. The molecule has 1 aliphatic rings. The fourth-order valence-electron chi connectivity index (χ4n) is 3.15. The van der Waals surface area contributed by atoms with Crippen molar-refractivity contribution in [1.82, 2.24) is 9.78 Å². The monoisotopic (exact) mass is 347 g/mol. The molecule has 0 amide bonds. The second-order valence-electron chi connectivity index (χ2n) is 6.01. The maximum Gasteiger partial charge on any atom is 0.0643 e. The van der Waals surface area contributed by atoms with E-state index in [9.17, 15) is 0 Å². The van der Waals surface area contributed by atoms with Crippen LogP contribution >= 0.6 is 15.9 Å². The SMILES string of the molecule is Cc1cccc(C(N)Cc2ccn(C3CCCC3)n2)c1Br. The maximum absolute atomic E-state index is 6.38. The van der Waals surface area contributed by atoms with Gasteiger partial charge in [0, 0.05) is 23.1 Å². The van der Waals surface area contributed by atoms with Crippen LogP contribution in [-0.4, -0.2) is 9.78 Å². The molecule has 4 heteroatoms. The topological polar surface area (TPSA) is 43.8 Å². The zero-order valence-corrected chi connectivity index (χ0v) is 14.0. The summed E-state index contributed by atoms with van der Waals surface area (Å²) in [4.78, 5) is 0. The van der Waals surface area contributed by atoms with E-state index < -0.39 is 0 Å². The molecule has 1 atom stereocenters. The lowest BCUT2D eigenvalue weighted by Gasteiger charge is -2.14. The normalized spacial score (nSPS) is 17.3. The van der Waals surface area contributed by atoms with Gasteiger partial charge in [-0.2, -0.15) is 5.10 Å². The highest BCUT2D eigenvalue weighted by atomic mass is 79.9. The molecule has 0 aliphatic heterocycles. The Morgan fingerprint density at radius 1 is 1.33 bits per heavy atom. The van der Waals surface area contributed by atoms with E-state index in [1.54, 1.807) is 0 Å². The Balaban J connectivity index is 1.72. The predicted octanol–water partition coefficient (Wildman–Crippen LogP) is 4.31. The van der Waals surface area contributed by atoms with Crippen LogP contribution in [0.2, 0.25) is 0 Å². The molecule has 1 heterocycles. The van der Waals surface area contributed by atoms with Crippen molar-refractivity contribution in [2.24, 2.45) is 5.73 Å². The molecule has 112 valence electrons. The highest BCUT2D eigenvalue weighted by Crippen LogP contribution is 2.30. The standard InChI is InChI=1S/C17H22BrN3/c1-12-5-4-8-15(17(12)18)16(19)11-13-9-10-21(20-13)14-6-2-3-7-14/h4-5,8-10,14,16H,2-3,6-7,11,19H2,1H3. The van der Waals surface area contributed by atoms with Crippen LogP contribution in [0.25, 0.3) is 0 Å². The quantitative estimate of drug-likeness (QED) is 0.895. The first-order valence-electron chi connectivity index (χ1n) is 7.70. The van der Waals surface area contributed by atoms with Gasteiger partial charge in [0.05, 0.1) is 11.7 Å². The van der Waals surface area contributed by atoms with Crippen molar-refractivity contribution >= 4 is 15.9 Å². The number of aromatic nitrogens is 2. The van der Waals surface area contributed by atoms with Crippen molar-refractivity contribution in [3.63, 3.8) is 0 Å². The summed E-state index contributed by atoms with van der Waals surface area (Å²) >= 11 is 3.65. The molecule has 1 saturated carbocycles. The number of halogens is 1. The van der Waals surface area contributed by atoms with Gasteiger partial charge in [0.25, 0.3) is 0 Å². The van der Waals surface area contributed by atoms with Gasteiger partial charge >= 0.3 is 0 Å². The lowest BCUT2D eigenvalue weighted by Crippen LogP contribution is -2.15. The second-order valence-corrected chi connectivity index (χ2v) is 6.81. The molecule has 21 heavy (non-hydrogen) atoms. The molecule has 0 bridgehead atoms. The van der Waals surface area contributed by atoms with E-state index >= 15 is 0 Å². The molecule has 3 rings (SSSR count). The largest absolute Gasteiger partial charge is 0.324 e. The maximum atomic E-state index is 6.38. The van der Waals surface area contributed by atoms with Gasteiger partial charge < -0.3 is 5.73 Å². The minimum absolute atomic E-state index is 0.0220. The predicted molar refractivity (Wildman–Crippen MR) is 89.2 cm³/mol. The van der Waals surface area contributed by atoms with Crippen molar-refractivity contribution < 1.29 is 0 Å². The molecule has 0 radical (unpaired) electrons. The van der Waals surface area contributed by atoms with E-state index in [0.717, 1.165) is 22.2 Å². The van der Waals surface area contributed by atoms with Gasteiger partial charge in [-0.25, -0.2) is 0 Å². The zero-order chi connectivity index (χ0) is 14.8. The van der Waals surface area contributed by atoms with Crippen LogP contribution in [0.3, 0.4) is 0 Å². The highest BCUT2D eigenvalue weighted by Gasteiger charge is 2.18. The Bertz CT molecular complexity index is 614. The Kier molecular flexibility index (Phi) is 4.45. The zero-order valence-electron chi connectivity index (χ0n) is 12.4. The van der Waals surface area contributed by atoms with Crippen LogP contribution in [0.5, 0.6) is 0 Å². The molecule has 0 spiro atoms. The van der Waals surface area contributed by atoms with E-state index in [1.807, 2.05) is 0 Å². The van der Waals surface area contributed by atoms with Crippen LogP contribution in [0.4, 0.5) is 0 Å². The molecule has 1 aliphatic carbocycles. The van der Waals surface area contributed by atoms with E-state index in [2.05, 4.69) is 58.0 Å². The number of nitrogens with zero attached hydrogens (tertiary/aromatic N) is 2. The van der Waals surface area contributed by atoms with Crippen LogP contribution in [0.15, 0.2) is 34.9 Å². The molecule has 2 N–H and O–H groups in total. The van der Waals surface area contributed by atoms with Gasteiger partial charge in [-0.05, 0) is 37.0 Å². The molecule has 1 fully saturated rings. The van der Waals surface area contributed by atoms with Crippen LogP contribution in [0, 0.1) is 6.92 Å². The first-order valence-corrected chi connectivity index (χ1v) is 8.49. The highest BCUT2D eigenvalue weighted by molar-refractivity contribution is 9.10. The summed E-state index contributed by atoms with van der Waals surface area (Å²) in [6.45, 7) is 2.09. The summed E-state index contributed by atoms with van der Waals surface area (Å²) in [6, 6.07) is 8.94. The van der Waals surface area contributed by atoms with Gasteiger partial charge in [-0.3, -0.25) is 4.68 Å². The third kappa shape index (κ3) is 3.22.